The van der Waals surface area contributed by atoms with Crippen LogP contribution in [-0.2, 0) is 16.6 Å². The molecule has 2 bridgehead atoms. The molecule has 2 heterocycles. The van der Waals surface area contributed by atoms with Crippen LogP contribution >= 0.6 is 0 Å². The first-order valence-electron chi connectivity index (χ1n) is 7.97. The minimum Gasteiger partial charge on any atom is -0.493 e. The van der Waals surface area contributed by atoms with E-state index in [0.29, 0.717) is 24.3 Å². The lowest BCUT2D eigenvalue weighted by atomic mass is 9.49. The van der Waals surface area contributed by atoms with Crippen molar-refractivity contribution < 1.29 is 19.4 Å². The molecule has 0 radical (unpaired) electrons. The fraction of sp³-hybridized carbons (Fsp3) is 0.588. The van der Waals surface area contributed by atoms with Crippen LogP contribution in [0.15, 0.2) is 12.1 Å². The van der Waals surface area contributed by atoms with Gasteiger partial charge in [-0.25, -0.2) is 0 Å². The Hall–Kier alpha value is -1.59. The fourth-order valence-electron chi connectivity index (χ4n) is 5.37. The van der Waals surface area contributed by atoms with Crippen molar-refractivity contribution in [3.8, 4) is 11.5 Å². The lowest BCUT2D eigenvalue weighted by Crippen LogP contribution is -2.76. The van der Waals surface area contributed by atoms with E-state index < -0.39 is 17.1 Å². The predicted octanol–water partition coefficient (Wildman–Crippen LogP) is 0.706. The second-order valence-electron chi connectivity index (χ2n) is 6.95. The van der Waals surface area contributed by atoms with Crippen molar-refractivity contribution in [1.82, 2.24) is 5.32 Å². The molecule has 1 saturated heterocycles. The average Bonchev–Trinajstić information content (AvgIpc) is 2.85. The van der Waals surface area contributed by atoms with E-state index in [4.69, 9.17) is 9.47 Å². The van der Waals surface area contributed by atoms with Gasteiger partial charge in [-0.1, -0.05) is 6.07 Å². The molecule has 2 aliphatic carbocycles. The van der Waals surface area contributed by atoms with Crippen LogP contribution in [0.1, 0.15) is 30.4 Å². The van der Waals surface area contributed by atoms with Gasteiger partial charge in [0.25, 0.3) is 0 Å². The number of hydrogen-bond donors (Lipinski definition) is 2. The van der Waals surface area contributed by atoms with E-state index in [9.17, 15) is 9.90 Å². The molecule has 5 rings (SSSR count). The van der Waals surface area contributed by atoms with Crippen LogP contribution in [-0.4, -0.2) is 42.3 Å². The van der Waals surface area contributed by atoms with E-state index in [1.54, 1.807) is 7.11 Å². The summed E-state index contributed by atoms with van der Waals surface area (Å²) in [5.41, 5.74) is 0.699. The van der Waals surface area contributed by atoms with Gasteiger partial charge in [-0.3, -0.25) is 4.79 Å². The molecule has 5 heteroatoms. The summed E-state index contributed by atoms with van der Waals surface area (Å²) in [6.07, 6.45) is 1.83. The minimum absolute atomic E-state index is 0.00713. The number of carbonyl (C=O) groups excluding carboxylic acids is 1. The molecule has 2 aliphatic heterocycles. The molecule has 1 spiro atoms. The number of ketones is 1. The number of piperidine rings is 1. The Bertz CT molecular complexity index is 702. The lowest BCUT2D eigenvalue weighted by Gasteiger charge is -2.59. The maximum atomic E-state index is 12.6. The summed E-state index contributed by atoms with van der Waals surface area (Å²) < 4.78 is 11.6. The van der Waals surface area contributed by atoms with Crippen LogP contribution < -0.4 is 14.8 Å². The summed E-state index contributed by atoms with van der Waals surface area (Å²) in [7, 11) is 1.61. The van der Waals surface area contributed by atoms with E-state index in [-0.39, 0.29) is 11.8 Å². The summed E-state index contributed by atoms with van der Waals surface area (Å²) in [6.45, 7) is 0.802. The number of Topliss-reactive ketones (excluding diaryl/α,β-unsaturated/α-hetero) is 1. The van der Waals surface area contributed by atoms with Crippen molar-refractivity contribution >= 4 is 5.78 Å². The van der Waals surface area contributed by atoms with Crippen LogP contribution in [0.2, 0.25) is 0 Å². The van der Waals surface area contributed by atoms with Crippen molar-refractivity contribution in [1.29, 1.82) is 0 Å². The van der Waals surface area contributed by atoms with Gasteiger partial charge in [0, 0.05) is 18.0 Å². The number of carbonyl (C=O) groups is 1. The number of hydrogen-bond acceptors (Lipinski definition) is 5. The van der Waals surface area contributed by atoms with E-state index in [2.05, 4.69) is 11.4 Å². The highest BCUT2D eigenvalue weighted by Gasteiger charge is 2.71. The number of ether oxygens (including phenoxy) is 2. The van der Waals surface area contributed by atoms with Gasteiger partial charge >= 0.3 is 0 Å². The van der Waals surface area contributed by atoms with Crippen molar-refractivity contribution in [2.45, 2.75) is 48.8 Å². The topological polar surface area (TPSA) is 67.8 Å². The lowest BCUT2D eigenvalue weighted by molar-refractivity contribution is -0.166. The molecule has 0 amide bonds. The van der Waals surface area contributed by atoms with Gasteiger partial charge in [0.15, 0.2) is 23.4 Å². The van der Waals surface area contributed by atoms with Crippen LogP contribution in [0, 0.1) is 0 Å². The first-order valence-corrected chi connectivity index (χ1v) is 7.97. The third kappa shape index (κ3) is 1.16. The molecule has 1 aromatic rings. The number of aliphatic hydroxyl groups is 1. The molecule has 4 atom stereocenters. The number of benzene rings is 1. The summed E-state index contributed by atoms with van der Waals surface area (Å²) in [4.78, 5) is 12.6. The van der Waals surface area contributed by atoms with Crippen LogP contribution in [0.5, 0.6) is 11.5 Å². The highest BCUT2D eigenvalue weighted by Crippen LogP contribution is 2.63. The quantitative estimate of drug-likeness (QED) is 0.799. The van der Waals surface area contributed by atoms with Gasteiger partial charge in [-0.2, -0.15) is 0 Å². The maximum Gasteiger partial charge on any atom is 0.174 e. The molecular formula is C17H19NO4. The number of nitrogens with one attached hydrogen (secondary N) is 1. The molecule has 4 aliphatic rings. The first kappa shape index (κ1) is 12.9. The molecule has 116 valence electrons. The monoisotopic (exact) mass is 301 g/mol. The van der Waals surface area contributed by atoms with Crippen molar-refractivity contribution in [3.05, 3.63) is 23.3 Å². The number of methoxy groups -OCH3 is 1. The normalized spacial score (nSPS) is 40.9. The Balaban J connectivity index is 1.87. The Morgan fingerprint density at radius 3 is 3.09 bits per heavy atom. The van der Waals surface area contributed by atoms with Crippen LogP contribution in [0.25, 0.3) is 0 Å². The minimum atomic E-state index is -0.908. The first-order chi connectivity index (χ1) is 10.6. The van der Waals surface area contributed by atoms with E-state index in [0.717, 1.165) is 24.9 Å². The molecule has 22 heavy (non-hydrogen) atoms. The Kier molecular flexibility index (Phi) is 2.25. The second-order valence-corrected chi connectivity index (χ2v) is 6.95. The third-order valence-corrected chi connectivity index (χ3v) is 6.29. The average molecular weight is 301 g/mol. The van der Waals surface area contributed by atoms with E-state index >= 15 is 0 Å². The Labute approximate surface area is 128 Å². The van der Waals surface area contributed by atoms with Crippen LogP contribution in [0.3, 0.4) is 0 Å². The Morgan fingerprint density at radius 2 is 2.27 bits per heavy atom. The summed E-state index contributed by atoms with van der Waals surface area (Å²) >= 11 is 0. The zero-order valence-corrected chi connectivity index (χ0v) is 12.5. The molecule has 2 fully saturated rings. The summed E-state index contributed by atoms with van der Waals surface area (Å²) in [5, 5.41) is 15.0. The highest BCUT2D eigenvalue weighted by molar-refractivity contribution is 5.90. The second kappa shape index (κ2) is 3.84. The molecule has 1 saturated carbocycles. The van der Waals surface area contributed by atoms with Gasteiger partial charge in [0.05, 0.1) is 18.1 Å². The number of rotatable bonds is 1. The zero-order valence-electron chi connectivity index (χ0n) is 12.5. The van der Waals surface area contributed by atoms with E-state index in [1.165, 1.54) is 5.56 Å². The van der Waals surface area contributed by atoms with Gasteiger partial charge in [0.2, 0.25) is 0 Å². The molecule has 0 aromatic heterocycles. The van der Waals surface area contributed by atoms with Gasteiger partial charge in [-0.05, 0) is 37.4 Å². The molecule has 0 unspecified atom stereocenters. The third-order valence-electron chi connectivity index (χ3n) is 6.29. The fourth-order valence-corrected chi connectivity index (χ4v) is 5.37. The smallest absolute Gasteiger partial charge is 0.174 e. The maximum absolute atomic E-state index is 12.6. The largest absolute Gasteiger partial charge is 0.493 e. The van der Waals surface area contributed by atoms with Crippen molar-refractivity contribution in [3.63, 3.8) is 0 Å². The zero-order chi connectivity index (χ0) is 15.1. The predicted molar refractivity (Wildman–Crippen MR) is 78.4 cm³/mol. The standard InChI is InChI=1S/C17H19NO4/c1-21-11-3-2-9-8-12-17(20)5-4-10(19)15-16(17,6-7-18-12)13(9)14(11)22-15/h2-3,12,15,18,20H,4-8H2,1H3/t12-,15+,16+,17-/m0/s1. The van der Waals surface area contributed by atoms with Gasteiger partial charge in [-0.15, -0.1) is 0 Å². The summed E-state index contributed by atoms with van der Waals surface area (Å²) in [6, 6.07) is 3.96. The summed E-state index contributed by atoms with van der Waals surface area (Å²) in [5.74, 6) is 1.45. The van der Waals surface area contributed by atoms with Crippen LogP contribution in [0.4, 0.5) is 0 Å². The van der Waals surface area contributed by atoms with Gasteiger partial charge < -0.3 is 19.9 Å². The van der Waals surface area contributed by atoms with Gasteiger partial charge in [0.1, 0.15) is 0 Å². The molecule has 1 aromatic carbocycles. The molecular weight excluding hydrogens is 282 g/mol. The SMILES string of the molecule is COc1ccc2c3c1O[C@@H]1C(=O)CC[C@]4(O)[C@H](C2)NCC[C@@]314. The Morgan fingerprint density at radius 1 is 1.41 bits per heavy atom. The van der Waals surface area contributed by atoms with Crippen molar-refractivity contribution in [2.24, 2.45) is 0 Å². The van der Waals surface area contributed by atoms with E-state index in [1.807, 2.05) is 6.07 Å². The van der Waals surface area contributed by atoms with Crippen molar-refractivity contribution in [2.75, 3.05) is 13.7 Å². The molecule has 2 N–H and O–H groups in total. The molecule has 5 nitrogen and oxygen atoms in total. The highest BCUT2D eigenvalue weighted by atomic mass is 16.5.